The van der Waals surface area contributed by atoms with Crippen LogP contribution < -0.4 is 5.32 Å². The fraction of sp³-hybridized carbons (Fsp3) is 0.100. The molecule has 0 aromatic heterocycles. The van der Waals surface area contributed by atoms with Crippen molar-refractivity contribution in [1.82, 2.24) is 0 Å². The van der Waals surface area contributed by atoms with E-state index in [4.69, 9.17) is 0 Å². The van der Waals surface area contributed by atoms with Gasteiger partial charge in [0.25, 0.3) is 17.4 Å². The molecule has 1 amide bonds. The number of nitrogens with one attached hydrogen (secondary N) is 1. The number of nitrogens with zero attached hydrogens (tertiary/aromatic N) is 1. The Morgan fingerprint density at radius 1 is 1.47 bits per heavy atom. The van der Waals surface area contributed by atoms with Gasteiger partial charge in [0.1, 0.15) is 4.47 Å². The summed E-state index contributed by atoms with van der Waals surface area (Å²) in [6, 6.07) is 0.938. The minimum absolute atomic E-state index is 0.0840. The Hall–Kier alpha value is -2.29. The van der Waals surface area contributed by atoms with E-state index in [1.165, 1.54) is 0 Å². The number of nitro benzene ring substituents is 1. The number of carbonyl (C=O) groups is 3. The van der Waals surface area contributed by atoms with Crippen molar-refractivity contribution < 1.29 is 24.0 Å². The van der Waals surface area contributed by atoms with E-state index in [9.17, 15) is 24.5 Å². The molecule has 0 fully saturated rings. The van der Waals surface area contributed by atoms with E-state index in [1.807, 2.05) is 0 Å². The molecule has 0 atom stereocenters. The van der Waals surface area contributed by atoms with Crippen molar-refractivity contribution in [2.75, 3.05) is 12.4 Å². The number of carbonyl (C=O) groups excluding carboxylic acids is 3. The average molecular weight is 329 g/mol. The summed E-state index contributed by atoms with van der Waals surface area (Å²) in [7, 11) is 1.08. The number of rotatable bonds is 2. The van der Waals surface area contributed by atoms with Crippen LogP contribution in [0, 0.1) is 10.1 Å². The van der Waals surface area contributed by atoms with Crippen molar-refractivity contribution in [1.29, 1.82) is 0 Å². The third kappa shape index (κ3) is 1.87. The summed E-state index contributed by atoms with van der Waals surface area (Å²) in [5, 5.41) is 13.1. The number of ketones is 1. The van der Waals surface area contributed by atoms with Crippen molar-refractivity contribution in [2.45, 2.75) is 0 Å². The van der Waals surface area contributed by atoms with Gasteiger partial charge in [-0.3, -0.25) is 19.7 Å². The van der Waals surface area contributed by atoms with Crippen molar-refractivity contribution in [3.8, 4) is 0 Å². The van der Waals surface area contributed by atoms with Gasteiger partial charge in [-0.1, -0.05) is 0 Å². The second-order valence-electron chi connectivity index (χ2n) is 3.54. The molecule has 1 heterocycles. The highest BCUT2D eigenvalue weighted by molar-refractivity contribution is 9.10. The summed E-state index contributed by atoms with van der Waals surface area (Å²) in [6.07, 6.45) is 0. The lowest BCUT2D eigenvalue weighted by molar-refractivity contribution is -0.385. The maximum Gasteiger partial charge on any atom is 0.340 e. The second-order valence-corrected chi connectivity index (χ2v) is 4.33. The Morgan fingerprint density at radius 3 is 2.63 bits per heavy atom. The zero-order valence-corrected chi connectivity index (χ0v) is 10.9. The maximum absolute atomic E-state index is 11.6. The third-order valence-corrected chi connectivity index (χ3v) is 3.32. The predicted molar refractivity (Wildman–Crippen MR) is 65.1 cm³/mol. The van der Waals surface area contributed by atoms with Gasteiger partial charge in [0.15, 0.2) is 0 Å². The largest absolute Gasteiger partial charge is 0.465 e. The van der Waals surface area contributed by atoms with Crippen LogP contribution in [0.1, 0.15) is 20.7 Å². The molecule has 0 saturated heterocycles. The van der Waals surface area contributed by atoms with Crippen LogP contribution in [-0.4, -0.2) is 29.7 Å². The van der Waals surface area contributed by atoms with E-state index in [0.29, 0.717) is 0 Å². The Bertz CT molecular complexity index is 654. The molecule has 0 spiro atoms. The zero-order chi connectivity index (χ0) is 14.3. The number of amides is 1. The Balaban J connectivity index is 2.82. The van der Waals surface area contributed by atoms with Crippen molar-refractivity contribution in [2.24, 2.45) is 0 Å². The lowest BCUT2D eigenvalue weighted by Crippen LogP contribution is -2.13. The molecule has 0 bridgehead atoms. The summed E-state index contributed by atoms with van der Waals surface area (Å²) in [5.74, 6) is -2.79. The first-order valence-electron chi connectivity index (χ1n) is 4.83. The Morgan fingerprint density at radius 2 is 2.11 bits per heavy atom. The van der Waals surface area contributed by atoms with Crippen molar-refractivity contribution in [3.63, 3.8) is 0 Å². The van der Waals surface area contributed by atoms with Crippen LogP contribution in [0.3, 0.4) is 0 Å². The molecule has 1 aliphatic rings. The van der Waals surface area contributed by atoms with Gasteiger partial charge >= 0.3 is 5.97 Å². The van der Waals surface area contributed by atoms with Crippen LogP contribution in [-0.2, 0) is 9.53 Å². The van der Waals surface area contributed by atoms with Gasteiger partial charge in [0, 0.05) is 6.07 Å². The van der Waals surface area contributed by atoms with E-state index in [2.05, 4.69) is 26.0 Å². The molecule has 9 heteroatoms. The van der Waals surface area contributed by atoms with E-state index in [1.54, 1.807) is 0 Å². The standard InChI is InChI=1S/C10H5BrN2O6/c1-19-10(16)3-2-4(13(17)18)6(11)5-7(3)12-9(15)8(5)14/h2H,1H3,(H,12,14,15). The molecule has 0 saturated carbocycles. The molecule has 1 aromatic rings. The number of fused-ring (bicyclic) bond motifs is 1. The van der Waals surface area contributed by atoms with Crippen LogP contribution in [0.2, 0.25) is 0 Å². The van der Waals surface area contributed by atoms with Crippen LogP contribution in [0.4, 0.5) is 11.4 Å². The van der Waals surface area contributed by atoms with Crippen LogP contribution in [0.5, 0.6) is 0 Å². The van der Waals surface area contributed by atoms with E-state index < -0.39 is 28.3 Å². The minimum atomic E-state index is -0.957. The highest BCUT2D eigenvalue weighted by atomic mass is 79.9. The smallest absolute Gasteiger partial charge is 0.340 e. The van der Waals surface area contributed by atoms with Gasteiger partial charge in [-0.05, 0) is 15.9 Å². The fourth-order valence-electron chi connectivity index (χ4n) is 1.68. The summed E-state index contributed by atoms with van der Waals surface area (Å²) in [5.41, 5.74) is -1.06. The normalized spacial score (nSPS) is 12.9. The molecule has 0 radical (unpaired) electrons. The number of benzene rings is 1. The molecule has 8 nitrogen and oxygen atoms in total. The van der Waals surface area contributed by atoms with E-state index in [0.717, 1.165) is 13.2 Å². The van der Waals surface area contributed by atoms with Gasteiger partial charge < -0.3 is 10.1 Å². The predicted octanol–water partition coefficient (Wildman–Crippen LogP) is 1.28. The number of nitro groups is 1. The minimum Gasteiger partial charge on any atom is -0.465 e. The van der Waals surface area contributed by atoms with Gasteiger partial charge in [-0.2, -0.15) is 0 Å². The van der Waals surface area contributed by atoms with Crippen molar-refractivity contribution >= 4 is 45.0 Å². The van der Waals surface area contributed by atoms with Crippen LogP contribution in [0.15, 0.2) is 10.5 Å². The number of halogens is 1. The first-order valence-corrected chi connectivity index (χ1v) is 5.62. The highest BCUT2D eigenvalue weighted by Gasteiger charge is 2.38. The zero-order valence-electron chi connectivity index (χ0n) is 9.35. The van der Waals surface area contributed by atoms with E-state index >= 15 is 0 Å². The molecule has 1 N–H and O–H groups in total. The van der Waals surface area contributed by atoms with Gasteiger partial charge in [-0.25, -0.2) is 4.79 Å². The van der Waals surface area contributed by atoms with Gasteiger partial charge in [0.05, 0.1) is 28.8 Å². The maximum atomic E-state index is 11.6. The molecular formula is C10H5BrN2O6. The molecule has 98 valence electrons. The number of anilines is 1. The molecule has 1 aliphatic heterocycles. The summed E-state index contributed by atoms with van der Waals surface area (Å²) < 4.78 is 4.32. The quantitative estimate of drug-likeness (QED) is 0.378. The first-order chi connectivity index (χ1) is 8.88. The summed E-state index contributed by atoms with van der Waals surface area (Å²) in [6.45, 7) is 0. The number of methoxy groups -OCH3 is 1. The molecule has 19 heavy (non-hydrogen) atoms. The summed E-state index contributed by atoms with van der Waals surface area (Å²) >= 11 is 2.90. The fourth-order valence-corrected chi connectivity index (χ4v) is 2.31. The monoisotopic (exact) mass is 328 g/mol. The second kappa shape index (κ2) is 4.43. The highest BCUT2D eigenvalue weighted by Crippen LogP contribution is 2.40. The summed E-state index contributed by atoms with van der Waals surface area (Å²) in [4.78, 5) is 44.6. The lowest BCUT2D eigenvalue weighted by Gasteiger charge is -2.07. The lowest BCUT2D eigenvalue weighted by atomic mass is 10.1. The van der Waals surface area contributed by atoms with Crippen molar-refractivity contribution in [3.05, 3.63) is 31.8 Å². The molecule has 0 unspecified atom stereocenters. The van der Waals surface area contributed by atoms with Gasteiger partial charge in [-0.15, -0.1) is 0 Å². The first kappa shape index (κ1) is 13.1. The van der Waals surface area contributed by atoms with Crippen LogP contribution in [0.25, 0.3) is 0 Å². The van der Waals surface area contributed by atoms with E-state index in [-0.39, 0.29) is 21.3 Å². The Kier molecular flexibility index (Phi) is 3.06. The average Bonchev–Trinajstić information content (AvgIpc) is 2.65. The topological polar surface area (TPSA) is 116 Å². The SMILES string of the molecule is COC(=O)c1cc([N+](=O)[O-])c(Br)c2c1NC(=O)C2=O. The van der Waals surface area contributed by atoms with Gasteiger partial charge in [0.2, 0.25) is 0 Å². The number of hydrogen-bond donors (Lipinski definition) is 1. The Labute approximate surface area is 114 Å². The molecular weight excluding hydrogens is 324 g/mol. The number of ether oxygens (including phenoxy) is 1. The molecule has 2 rings (SSSR count). The third-order valence-electron chi connectivity index (χ3n) is 2.52. The van der Waals surface area contributed by atoms with Crippen LogP contribution >= 0.6 is 15.9 Å². The number of hydrogen-bond acceptors (Lipinski definition) is 6. The molecule has 0 aliphatic carbocycles. The molecule has 1 aromatic carbocycles. The number of Topliss-reactive ketones (excluding diaryl/α,β-unsaturated/α-hetero) is 1. The number of esters is 1.